The SMILES string of the molecule is CCC(C)NC(=O)C(C)Oc1cc(Br)ccc1C(C)NC. The van der Waals surface area contributed by atoms with Gasteiger partial charge in [-0.05, 0) is 46.4 Å². The zero-order chi connectivity index (χ0) is 16.0. The van der Waals surface area contributed by atoms with Gasteiger partial charge in [-0.15, -0.1) is 0 Å². The van der Waals surface area contributed by atoms with Crippen LogP contribution in [0.4, 0.5) is 0 Å². The minimum atomic E-state index is -0.531. The van der Waals surface area contributed by atoms with Crippen LogP contribution in [0, 0.1) is 0 Å². The minimum absolute atomic E-state index is 0.0904. The number of halogens is 1. The largest absolute Gasteiger partial charge is 0.481 e. The third kappa shape index (κ3) is 5.32. The summed E-state index contributed by atoms with van der Waals surface area (Å²) in [5.74, 6) is 0.630. The number of hydrogen-bond donors (Lipinski definition) is 2. The topological polar surface area (TPSA) is 50.4 Å². The highest BCUT2D eigenvalue weighted by Gasteiger charge is 2.19. The number of nitrogens with one attached hydrogen (secondary N) is 2. The fourth-order valence-corrected chi connectivity index (χ4v) is 2.17. The van der Waals surface area contributed by atoms with E-state index in [1.165, 1.54) is 0 Å². The maximum Gasteiger partial charge on any atom is 0.260 e. The van der Waals surface area contributed by atoms with Crippen molar-refractivity contribution in [2.24, 2.45) is 0 Å². The summed E-state index contributed by atoms with van der Waals surface area (Å²) in [6, 6.07) is 6.18. The first kappa shape index (κ1) is 18.0. The molecule has 1 aromatic rings. The maximum atomic E-state index is 12.1. The third-order valence-corrected chi connectivity index (χ3v) is 4.04. The van der Waals surface area contributed by atoms with Gasteiger partial charge in [0.15, 0.2) is 6.10 Å². The van der Waals surface area contributed by atoms with Crippen molar-refractivity contribution < 1.29 is 9.53 Å². The van der Waals surface area contributed by atoms with Crippen molar-refractivity contribution in [3.05, 3.63) is 28.2 Å². The summed E-state index contributed by atoms with van der Waals surface area (Å²) < 4.78 is 6.80. The van der Waals surface area contributed by atoms with Crippen LogP contribution in [0.5, 0.6) is 5.75 Å². The molecular weight excluding hydrogens is 332 g/mol. The first-order chi connectivity index (χ1) is 9.88. The molecule has 21 heavy (non-hydrogen) atoms. The fourth-order valence-electron chi connectivity index (χ4n) is 1.83. The number of hydrogen-bond acceptors (Lipinski definition) is 3. The molecule has 4 nitrogen and oxygen atoms in total. The molecule has 118 valence electrons. The second-order valence-electron chi connectivity index (χ2n) is 5.27. The highest BCUT2D eigenvalue weighted by atomic mass is 79.9. The van der Waals surface area contributed by atoms with Gasteiger partial charge in [0, 0.05) is 22.1 Å². The van der Waals surface area contributed by atoms with Crippen LogP contribution in [0.25, 0.3) is 0 Å². The lowest BCUT2D eigenvalue weighted by Gasteiger charge is -2.21. The highest BCUT2D eigenvalue weighted by molar-refractivity contribution is 9.10. The molecule has 0 aliphatic rings. The Bertz CT molecular complexity index is 479. The first-order valence-corrected chi connectivity index (χ1v) is 8.12. The van der Waals surface area contributed by atoms with Gasteiger partial charge in [-0.25, -0.2) is 0 Å². The van der Waals surface area contributed by atoms with Gasteiger partial charge < -0.3 is 15.4 Å². The summed E-state index contributed by atoms with van der Waals surface area (Å²) in [5.41, 5.74) is 1.03. The molecule has 1 aromatic carbocycles. The molecule has 0 saturated carbocycles. The van der Waals surface area contributed by atoms with Gasteiger partial charge >= 0.3 is 0 Å². The van der Waals surface area contributed by atoms with Crippen LogP contribution in [-0.4, -0.2) is 25.1 Å². The monoisotopic (exact) mass is 356 g/mol. The molecule has 0 aliphatic carbocycles. The molecule has 0 aliphatic heterocycles. The molecule has 3 unspecified atom stereocenters. The van der Waals surface area contributed by atoms with Gasteiger partial charge in [0.2, 0.25) is 0 Å². The highest BCUT2D eigenvalue weighted by Crippen LogP contribution is 2.29. The Labute approximate surface area is 135 Å². The summed E-state index contributed by atoms with van der Waals surface area (Å²) in [6.07, 6.45) is 0.369. The number of ether oxygens (including phenoxy) is 1. The van der Waals surface area contributed by atoms with Crippen molar-refractivity contribution in [1.82, 2.24) is 10.6 Å². The first-order valence-electron chi connectivity index (χ1n) is 7.32. The molecule has 0 heterocycles. The molecule has 2 N–H and O–H groups in total. The Hall–Kier alpha value is -1.07. The average Bonchev–Trinajstić information content (AvgIpc) is 2.46. The number of carbonyl (C=O) groups excluding carboxylic acids is 1. The molecule has 0 aromatic heterocycles. The van der Waals surface area contributed by atoms with Gasteiger partial charge in [-0.2, -0.15) is 0 Å². The van der Waals surface area contributed by atoms with Crippen LogP contribution in [0.15, 0.2) is 22.7 Å². The van der Waals surface area contributed by atoms with Gasteiger partial charge in [0.1, 0.15) is 5.75 Å². The van der Waals surface area contributed by atoms with E-state index in [9.17, 15) is 4.79 Å². The molecule has 0 radical (unpaired) electrons. The Kier molecular flexibility index (Phi) is 7.18. The number of rotatable bonds is 7. The Balaban J connectivity index is 2.86. The van der Waals surface area contributed by atoms with E-state index in [4.69, 9.17) is 4.74 Å². The van der Waals surface area contributed by atoms with Crippen LogP contribution in [0.2, 0.25) is 0 Å². The fraction of sp³-hybridized carbons (Fsp3) is 0.562. The summed E-state index contributed by atoms with van der Waals surface area (Å²) in [4.78, 5) is 12.1. The zero-order valence-electron chi connectivity index (χ0n) is 13.4. The summed E-state index contributed by atoms with van der Waals surface area (Å²) in [7, 11) is 1.90. The van der Waals surface area contributed by atoms with Gasteiger partial charge in [0.25, 0.3) is 5.91 Å². The second-order valence-corrected chi connectivity index (χ2v) is 6.19. The predicted octanol–water partition coefficient (Wildman–Crippen LogP) is 3.41. The number of carbonyl (C=O) groups is 1. The van der Waals surface area contributed by atoms with Crippen molar-refractivity contribution in [2.75, 3.05) is 7.05 Å². The summed E-state index contributed by atoms with van der Waals surface area (Å²) >= 11 is 3.44. The number of amides is 1. The molecule has 5 heteroatoms. The van der Waals surface area contributed by atoms with Gasteiger partial charge in [0.05, 0.1) is 0 Å². The smallest absolute Gasteiger partial charge is 0.260 e. The van der Waals surface area contributed by atoms with E-state index < -0.39 is 6.10 Å². The molecule has 0 spiro atoms. The lowest BCUT2D eigenvalue weighted by atomic mass is 10.1. The Morgan fingerprint density at radius 3 is 2.57 bits per heavy atom. The van der Waals surface area contributed by atoms with Crippen LogP contribution in [-0.2, 0) is 4.79 Å². The minimum Gasteiger partial charge on any atom is -0.481 e. The molecule has 0 saturated heterocycles. The molecule has 1 rings (SSSR count). The van der Waals surface area contributed by atoms with Crippen LogP contribution < -0.4 is 15.4 Å². The van der Waals surface area contributed by atoms with E-state index >= 15 is 0 Å². The van der Waals surface area contributed by atoms with E-state index in [-0.39, 0.29) is 18.0 Å². The molecular formula is C16H25BrN2O2. The van der Waals surface area contributed by atoms with Crippen molar-refractivity contribution in [3.8, 4) is 5.75 Å². The predicted molar refractivity (Wildman–Crippen MR) is 89.6 cm³/mol. The van der Waals surface area contributed by atoms with E-state index in [1.54, 1.807) is 6.92 Å². The zero-order valence-corrected chi connectivity index (χ0v) is 15.0. The molecule has 0 fully saturated rings. The van der Waals surface area contributed by atoms with Crippen LogP contribution >= 0.6 is 15.9 Å². The standard InChI is InChI=1S/C16H25BrN2O2/c1-6-10(2)19-16(20)12(4)21-15-9-13(17)7-8-14(15)11(3)18-5/h7-12,18H,6H2,1-5H3,(H,19,20). The maximum absolute atomic E-state index is 12.1. The van der Waals surface area contributed by atoms with E-state index in [2.05, 4.69) is 33.5 Å². The average molecular weight is 357 g/mol. The molecule has 3 atom stereocenters. The van der Waals surface area contributed by atoms with Crippen molar-refractivity contribution >= 4 is 21.8 Å². The van der Waals surface area contributed by atoms with Crippen molar-refractivity contribution in [2.45, 2.75) is 52.3 Å². The quantitative estimate of drug-likeness (QED) is 0.786. The van der Waals surface area contributed by atoms with Gasteiger partial charge in [-0.3, -0.25) is 4.79 Å². The Morgan fingerprint density at radius 1 is 1.33 bits per heavy atom. The van der Waals surface area contributed by atoms with Gasteiger partial charge in [-0.1, -0.05) is 28.9 Å². The summed E-state index contributed by atoms with van der Waals surface area (Å²) in [5, 5.41) is 6.12. The molecule has 1 amide bonds. The lowest BCUT2D eigenvalue weighted by Crippen LogP contribution is -2.41. The van der Waals surface area contributed by atoms with Crippen LogP contribution in [0.1, 0.15) is 45.7 Å². The number of benzene rings is 1. The molecule has 0 bridgehead atoms. The van der Waals surface area contributed by atoms with E-state index in [0.717, 1.165) is 22.2 Å². The van der Waals surface area contributed by atoms with Crippen molar-refractivity contribution in [1.29, 1.82) is 0 Å². The second kappa shape index (κ2) is 8.39. The normalized spacial score (nSPS) is 15.1. The summed E-state index contributed by atoms with van der Waals surface area (Å²) in [6.45, 7) is 7.85. The van der Waals surface area contributed by atoms with Crippen LogP contribution in [0.3, 0.4) is 0 Å². The Morgan fingerprint density at radius 2 is 2.00 bits per heavy atom. The third-order valence-electron chi connectivity index (χ3n) is 3.55. The van der Waals surface area contributed by atoms with Crippen molar-refractivity contribution in [3.63, 3.8) is 0 Å². The lowest BCUT2D eigenvalue weighted by molar-refractivity contribution is -0.127. The van der Waals surface area contributed by atoms with E-state index in [0.29, 0.717) is 0 Å². The van der Waals surface area contributed by atoms with E-state index in [1.807, 2.05) is 39.1 Å².